The Labute approximate surface area is 171 Å². The Bertz CT molecular complexity index is 1180. The number of amides is 1. The molecule has 2 N–H and O–H groups in total. The van der Waals surface area contributed by atoms with E-state index in [1.165, 1.54) is 18.2 Å². The predicted octanol–water partition coefficient (Wildman–Crippen LogP) is 4.83. The average molecular weight is 410 g/mol. The Balaban J connectivity index is 1.62. The average Bonchev–Trinajstić information content (AvgIpc) is 3.29. The Morgan fingerprint density at radius 3 is 2.66 bits per heavy atom. The zero-order valence-electron chi connectivity index (χ0n) is 15.7. The van der Waals surface area contributed by atoms with Crippen molar-refractivity contribution in [3.05, 3.63) is 76.7 Å². The van der Waals surface area contributed by atoms with Crippen LogP contribution in [0.3, 0.4) is 0 Å². The van der Waals surface area contributed by atoms with E-state index in [0.29, 0.717) is 5.82 Å². The number of nitrogens with zero attached hydrogens (tertiary/aromatic N) is 3. The lowest BCUT2D eigenvalue weighted by Crippen LogP contribution is -2.15. The normalized spacial score (nSPS) is 10.9. The molecule has 0 radical (unpaired) electrons. The van der Waals surface area contributed by atoms with Crippen molar-refractivity contribution in [1.29, 1.82) is 0 Å². The van der Waals surface area contributed by atoms with Gasteiger partial charge in [-0.15, -0.1) is 0 Å². The van der Waals surface area contributed by atoms with E-state index in [4.69, 9.17) is 11.6 Å². The van der Waals surface area contributed by atoms with Crippen LogP contribution in [0.1, 0.15) is 16.1 Å². The van der Waals surface area contributed by atoms with Crippen LogP contribution in [0, 0.1) is 12.7 Å². The molecule has 4 aromatic rings. The van der Waals surface area contributed by atoms with Crippen LogP contribution in [0.4, 0.5) is 10.2 Å². The van der Waals surface area contributed by atoms with E-state index in [0.717, 1.165) is 16.8 Å². The third-order valence-corrected chi connectivity index (χ3v) is 4.92. The summed E-state index contributed by atoms with van der Waals surface area (Å²) in [4.78, 5) is 12.7. The number of aromatic nitrogens is 4. The van der Waals surface area contributed by atoms with Gasteiger partial charge in [0.15, 0.2) is 0 Å². The molecule has 146 valence electrons. The second-order valence-electron chi connectivity index (χ2n) is 6.53. The van der Waals surface area contributed by atoms with Gasteiger partial charge < -0.3 is 5.32 Å². The minimum absolute atomic E-state index is 0.146. The second kappa shape index (κ2) is 7.52. The molecule has 0 saturated carbocycles. The Kier molecular flexibility index (Phi) is 4.90. The number of halogens is 2. The van der Waals surface area contributed by atoms with E-state index in [2.05, 4.69) is 20.6 Å². The summed E-state index contributed by atoms with van der Waals surface area (Å²) in [6.07, 6.45) is 0. The zero-order valence-corrected chi connectivity index (χ0v) is 16.5. The molecule has 0 unspecified atom stereocenters. The molecular formula is C21H17ClFN5O. The maximum Gasteiger partial charge on any atom is 0.274 e. The van der Waals surface area contributed by atoms with Gasteiger partial charge in [-0.1, -0.05) is 48.0 Å². The van der Waals surface area contributed by atoms with Crippen molar-refractivity contribution in [3.63, 3.8) is 0 Å². The van der Waals surface area contributed by atoms with Gasteiger partial charge >= 0.3 is 0 Å². The molecule has 0 fully saturated rings. The van der Waals surface area contributed by atoms with Crippen molar-refractivity contribution in [3.8, 4) is 22.5 Å². The van der Waals surface area contributed by atoms with Gasteiger partial charge in [-0.25, -0.2) is 4.39 Å². The van der Waals surface area contributed by atoms with Crippen molar-refractivity contribution >= 4 is 23.3 Å². The van der Waals surface area contributed by atoms with Crippen molar-refractivity contribution < 1.29 is 9.18 Å². The molecular weight excluding hydrogens is 393 g/mol. The Hall–Kier alpha value is -3.45. The fraction of sp³-hybridized carbons (Fsp3) is 0.0952. The second-order valence-corrected chi connectivity index (χ2v) is 6.94. The summed E-state index contributed by atoms with van der Waals surface area (Å²) < 4.78 is 15.7. The highest BCUT2D eigenvalue weighted by Crippen LogP contribution is 2.30. The summed E-state index contributed by atoms with van der Waals surface area (Å²) >= 11 is 6.08. The first-order chi connectivity index (χ1) is 14.0. The van der Waals surface area contributed by atoms with Gasteiger partial charge in [0, 0.05) is 18.2 Å². The first-order valence-corrected chi connectivity index (χ1v) is 9.23. The molecule has 29 heavy (non-hydrogen) atoms. The zero-order chi connectivity index (χ0) is 20.5. The lowest BCUT2D eigenvalue weighted by atomic mass is 10.1. The summed E-state index contributed by atoms with van der Waals surface area (Å²) in [5.74, 6) is -0.359. The molecule has 2 aromatic carbocycles. The number of H-pyrrole nitrogens is 1. The molecule has 0 atom stereocenters. The summed E-state index contributed by atoms with van der Waals surface area (Å²) in [6.45, 7) is 1.89. The van der Waals surface area contributed by atoms with Gasteiger partial charge in [0.05, 0.1) is 22.0 Å². The highest BCUT2D eigenvalue weighted by atomic mass is 35.5. The summed E-state index contributed by atoms with van der Waals surface area (Å²) in [5, 5.41) is 14.3. The molecule has 0 bridgehead atoms. The third kappa shape index (κ3) is 3.52. The van der Waals surface area contributed by atoms with Crippen molar-refractivity contribution in [1.82, 2.24) is 20.0 Å². The fourth-order valence-corrected chi connectivity index (χ4v) is 3.42. The smallest absolute Gasteiger partial charge is 0.274 e. The van der Waals surface area contributed by atoms with Crippen molar-refractivity contribution in [2.45, 2.75) is 6.92 Å². The first kappa shape index (κ1) is 18.9. The minimum Gasteiger partial charge on any atom is -0.305 e. The number of carbonyl (C=O) groups excluding carboxylic acids is 1. The molecule has 1 amide bonds. The number of hydrogen-bond acceptors (Lipinski definition) is 3. The SMILES string of the molecule is Cc1c(-c2ccccc2)nn(C)c1NC(=O)c1cc(-c2c(F)cccc2Cl)n[nH]1. The van der Waals surface area contributed by atoms with Crippen LogP contribution < -0.4 is 5.32 Å². The Morgan fingerprint density at radius 1 is 1.17 bits per heavy atom. The summed E-state index contributed by atoms with van der Waals surface area (Å²) in [7, 11) is 1.76. The maximum absolute atomic E-state index is 14.1. The van der Waals surface area contributed by atoms with Gasteiger partial charge in [0.1, 0.15) is 17.3 Å². The van der Waals surface area contributed by atoms with E-state index in [-0.39, 0.29) is 22.0 Å². The first-order valence-electron chi connectivity index (χ1n) is 8.86. The molecule has 2 aromatic heterocycles. The van der Waals surface area contributed by atoms with E-state index in [9.17, 15) is 9.18 Å². The third-order valence-electron chi connectivity index (χ3n) is 4.60. The van der Waals surface area contributed by atoms with Gasteiger partial charge in [-0.3, -0.25) is 14.6 Å². The lowest BCUT2D eigenvalue weighted by molar-refractivity contribution is 0.102. The van der Waals surface area contributed by atoms with Gasteiger partial charge in [-0.05, 0) is 25.1 Å². The van der Waals surface area contributed by atoms with Crippen LogP contribution in [-0.2, 0) is 7.05 Å². The molecule has 0 spiro atoms. The highest BCUT2D eigenvalue weighted by molar-refractivity contribution is 6.33. The number of aryl methyl sites for hydroxylation is 1. The molecule has 6 nitrogen and oxygen atoms in total. The predicted molar refractivity (Wildman–Crippen MR) is 110 cm³/mol. The highest BCUT2D eigenvalue weighted by Gasteiger charge is 2.19. The number of carbonyl (C=O) groups is 1. The molecule has 0 saturated heterocycles. The number of hydrogen-bond donors (Lipinski definition) is 2. The van der Waals surface area contributed by atoms with Crippen molar-refractivity contribution in [2.75, 3.05) is 5.32 Å². The minimum atomic E-state index is -0.508. The van der Waals surface area contributed by atoms with Gasteiger partial charge in [0.25, 0.3) is 5.91 Å². The number of anilines is 1. The molecule has 2 heterocycles. The Morgan fingerprint density at radius 2 is 1.93 bits per heavy atom. The largest absolute Gasteiger partial charge is 0.305 e. The van der Waals surface area contributed by atoms with E-state index in [1.807, 2.05) is 37.3 Å². The fourth-order valence-electron chi connectivity index (χ4n) is 3.16. The standard InChI is InChI=1S/C21H17ClFN5O/c1-12-19(13-7-4-3-5-8-13)27-28(2)20(12)24-21(29)17-11-16(25-26-17)18-14(22)9-6-10-15(18)23/h3-11H,1-2H3,(H,24,29)(H,25,26). The molecule has 0 aliphatic rings. The van der Waals surface area contributed by atoms with E-state index in [1.54, 1.807) is 17.8 Å². The van der Waals surface area contributed by atoms with Gasteiger partial charge in [0.2, 0.25) is 0 Å². The topological polar surface area (TPSA) is 75.6 Å². The van der Waals surface area contributed by atoms with Crippen LogP contribution in [0.15, 0.2) is 54.6 Å². The van der Waals surface area contributed by atoms with Crippen LogP contribution in [0.25, 0.3) is 22.5 Å². The lowest BCUT2D eigenvalue weighted by Gasteiger charge is -2.05. The van der Waals surface area contributed by atoms with Gasteiger partial charge in [-0.2, -0.15) is 10.2 Å². The van der Waals surface area contributed by atoms with Crippen LogP contribution in [0.2, 0.25) is 5.02 Å². The molecule has 0 aliphatic carbocycles. The van der Waals surface area contributed by atoms with Crippen LogP contribution >= 0.6 is 11.6 Å². The van der Waals surface area contributed by atoms with E-state index >= 15 is 0 Å². The monoisotopic (exact) mass is 409 g/mol. The maximum atomic E-state index is 14.1. The quantitative estimate of drug-likeness (QED) is 0.507. The van der Waals surface area contributed by atoms with E-state index < -0.39 is 11.7 Å². The number of benzene rings is 2. The number of rotatable bonds is 4. The van der Waals surface area contributed by atoms with Crippen LogP contribution in [-0.4, -0.2) is 25.9 Å². The molecule has 4 rings (SSSR count). The number of aromatic amines is 1. The number of nitrogens with one attached hydrogen (secondary N) is 2. The summed E-state index contributed by atoms with van der Waals surface area (Å²) in [6, 6.07) is 15.5. The summed E-state index contributed by atoms with van der Waals surface area (Å²) in [5.41, 5.74) is 3.16. The molecule has 0 aliphatic heterocycles. The van der Waals surface area contributed by atoms with Crippen LogP contribution in [0.5, 0.6) is 0 Å². The van der Waals surface area contributed by atoms with Crippen molar-refractivity contribution in [2.24, 2.45) is 7.05 Å². The molecule has 8 heteroatoms.